The van der Waals surface area contributed by atoms with Crippen LogP contribution in [0, 0.1) is 0 Å². The normalized spacial score (nSPS) is 25.5. The third kappa shape index (κ3) is 1.63. The molecule has 3 nitrogen and oxygen atoms in total. The molecule has 4 heteroatoms. The number of likely N-dealkylation sites (N-methyl/N-ethyl adjacent to an activating group) is 1. The number of hydrogen-bond acceptors (Lipinski definition) is 2. The molecule has 80 valence electrons. The highest BCUT2D eigenvalue weighted by Gasteiger charge is 2.42. The van der Waals surface area contributed by atoms with Crippen LogP contribution in [0.1, 0.15) is 12.5 Å². The predicted octanol–water partition coefficient (Wildman–Crippen LogP) is 2.75. The summed E-state index contributed by atoms with van der Waals surface area (Å²) in [7, 11) is 1.76. The van der Waals surface area contributed by atoms with Gasteiger partial charge < -0.3 is 4.74 Å². The van der Waals surface area contributed by atoms with E-state index in [1.807, 2.05) is 31.2 Å². The molecule has 0 radical (unpaired) electrons. The molecular formula is C11H12BrNO2. The van der Waals surface area contributed by atoms with E-state index < -0.39 is 0 Å². The Morgan fingerprint density at radius 3 is 2.80 bits per heavy atom. The summed E-state index contributed by atoms with van der Waals surface area (Å²) in [5.74, 6) is 0. The van der Waals surface area contributed by atoms with Crippen LogP contribution < -0.4 is 0 Å². The number of amides is 1. The smallest absolute Gasteiger partial charge is 0.410 e. The van der Waals surface area contributed by atoms with Crippen molar-refractivity contribution in [3.05, 3.63) is 34.3 Å². The quantitative estimate of drug-likeness (QED) is 0.785. The van der Waals surface area contributed by atoms with Gasteiger partial charge in [-0.2, -0.15) is 0 Å². The molecule has 1 heterocycles. The second kappa shape index (κ2) is 3.52. The molecule has 1 aliphatic heterocycles. The van der Waals surface area contributed by atoms with E-state index >= 15 is 0 Å². The van der Waals surface area contributed by atoms with Crippen molar-refractivity contribution >= 4 is 22.0 Å². The number of ether oxygens (including phenoxy) is 1. The van der Waals surface area contributed by atoms with Crippen molar-refractivity contribution in [2.45, 2.75) is 12.5 Å². The van der Waals surface area contributed by atoms with Gasteiger partial charge in [-0.05, 0) is 24.6 Å². The van der Waals surface area contributed by atoms with E-state index in [1.54, 1.807) is 11.9 Å². The number of rotatable bonds is 1. The summed E-state index contributed by atoms with van der Waals surface area (Å²) in [6.45, 7) is 2.40. The number of benzene rings is 1. The van der Waals surface area contributed by atoms with Gasteiger partial charge in [-0.3, -0.25) is 4.90 Å². The van der Waals surface area contributed by atoms with Crippen LogP contribution in [-0.4, -0.2) is 24.6 Å². The summed E-state index contributed by atoms with van der Waals surface area (Å²) in [4.78, 5) is 13.0. The predicted molar refractivity (Wildman–Crippen MR) is 60.6 cm³/mol. The fraction of sp³-hybridized carbons (Fsp3) is 0.364. The number of nitrogens with zero attached hydrogens (tertiary/aromatic N) is 1. The van der Waals surface area contributed by atoms with E-state index in [1.165, 1.54) is 0 Å². The maximum atomic E-state index is 11.3. The van der Waals surface area contributed by atoms with Crippen LogP contribution in [0.25, 0.3) is 0 Å². The van der Waals surface area contributed by atoms with Crippen molar-refractivity contribution in [1.29, 1.82) is 0 Å². The van der Waals surface area contributed by atoms with Crippen LogP contribution in [0.3, 0.4) is 0 Å². The molecule has 1 aliphatic rings. The number of hydrogen-bond donors (Lipinski definition) is 0. The lowest BCUT2D eigenvalue weighted by atomic mass is 9.92. The van der Waals surface area contributed by atoms with Gasteiger partial charge in [-0.25, -0.2) is 4.79 Å². The lowest BCUT2D eigenvalue weighted by Crippen LogP contribution is -2.39. The number of halogens is 1. The van der Waals surface area contributed by atoms with Gasteiger partial charge in [0.05, 0.1) is 0 Å². The number of carbonyl (C=O) groups excluding carboxylic acids is 1. The lowest BCUT2D eigenvalue weighted by molar-refractivity contribution is 0.162. The monoisotopic (exact) mass is 269 g/mol. The van der Waals surface area contributed by atoms with Crippen molar-refractivity contribution in [3.63, 3.8) is 0 Å². The zero-order chi connectivity index (χ0) is 11.1. The third-order valence-corrected chi connectivity index (χ3v) is 3.43. The molecule has 2 rings (SSSR count). The van der Waals surface area contributed by atoms with Crippen LogP contribution >= 0.6 is 15.9 Å². The Morgan fingerprint density at radius 1 is 1.53 bits per heavy atom. The van der Waals surface area contributed by atoms with Gasteiger partial charge in [0.2, 0.25) is 0 Å². The van der Waals surface area contributed by atoms with E-state index in [0.717, 1.165) is 10.0 Å². The molecule has 1 saturated heterocycles. The maximum Gasteiger partial charge on any atom is 0.410 e. The lowest BCUT2D eigenvalue weighted by Gasteiger charge is -2.29. The van der Waals surface area contributed by atoms with Gasteiger partial charge in [0.25, 0.3) is 0 Å². The standard InChI is InChI=1S/C11H12BrNO2/c1-11(7-15-10(14)13(11)2)8-4-3-5-9(12)6-8/h3-6H,7H2,1-2H3. The first-order valence-corrected chi connectivity index (χ1v) is 5.50. The van der Waals surface area contributed by atoms with Crippen LogP contribution in [0.2, 0.25) is 0 Å². The highest BCUT2D eigenvalue weighted by atomic mass is 79.9. The number of carbonyl (C=O) groups is 1. The van der Waals surface area contributed by atoms with Gasteiger partial charge >= 0.3 is 6.09 Å². The Hall–Kier alpha value is -1.03. The van der Waals surface area contributed by atoms with Gasteiger partial charge in [0, 0.05) is 11.5 Å². The highest BCUT2D eigenvalue weighted by molar-refractivity contribution is 9.10. The summed E-state index contributed by atoms with van der Waals surface area (Å²) in [6.07, 6.45) is -0.266. The average molecular weight is 270 g/mol. The molecule has 1 amide bonds. The highest BCUT2D eigenvalue weighted by Crippen LogP contribution is 2.33. The molecule has 1 fully saturated rings. The molecule has 15 heavy (non-hydrogen) atoms. The average Bonchev–Trinajstić information content (AvgIpc) is 2.48. The molecular weight excluding hydrogens is 258 g/mol. The molecule has 1 aromatic carbocycles. The van der Waals surface area contributed by atoms with Crippen LogP contribution in [0.5, 0.6) is 0 Å². The summed E-state index contributed by atoms with van der Waals surface area (Å²) in [5, 5.41) is 0. The van der Waals surface area contributed by atoms with Crippen LogP contribution in [0.15, 0.2) is 28.7 Å². The van der Waals surface area contributed by atoms with Crippen molar-refractivity contribution < 1.29 is 9.53 Å². The first kappa shape index (κ1) is 10.5. The molecule has 1 unspecified atom stereocenters. The maximum absolute atomic E-state index is 11.3. The minimum absolute atomic E-state index is 0.266. The largest absolute Gasteiger partial charge is 0.447 e. The van der Waals surface area contributed by atoms with E-state index in [2.05, 4.69) is 15.9 Å². The van der Waals surface area contributed by atoms with E-state index in [0.29, 0.717) is 6.61 Å². The van der Waals surface area contributed by atoms with Gasteiger partial charge in [0.15, 0.2) is 0 Å². The molecule has 0 aliphatic carbocycles. The summed E-state index contributed by atoms with van der Waals surface area (Å²) >= 11 is 3.42. The van der Waals surface area contributed by atoms with Crippen molar-refractivity contribution in [1.82, 2.24) is 4.90 Å². The van der Waals surface area contributed by atoms with E-state index in [4.69, 9.17) is 4.74 Å². The van der Waals surface area contributed by atoms with Crippen molar-refractivity contribution in [2.24, 2.45) is 0 Å². The topological polar surface area (TPSA) is 29.5 Å². The van der Waals surface area contributed by atoms with Crippen LogP contribution in [-0.2, 0) is 10.3 Å². The molecule has 0 saturated carbocycles. The summed E-state index contributed by atoms with van der Waals surface area (Å²) in [6, 6.07) is 7.94. The second-order valence-corrected chi connectivity index (χ2v) is 4.81. The fourth-order valence-electron chi connectivity index (χ4n) is 1.70. The molecule has 1 aromatic rings. The molecule has 0 bridgehead atoms. The first-order valence-electron chi connectivity index (χ1n) is 4.71. The summed E-state index contributed by atoms with van der Waals surface area (Å²) in [5.41, 5.74) is 0.714. The second-order valence-electron chi connectivity index (χ2n) is 3.90. The van der Waals surface area contributed by atoms with Gasteiger partial charge in [0.1, 0.15) is 12.1 Å². The van der Waals surface area contributed by atoms with Crippen molar-refractivity contribution in [3.8, 4) is 0 Å². The summed E-state index contributed by atoms with van der Waals surface area (Å²) < 4.78 is 6.06. The molecule has 0 N–H and O–H groups in total. The Balaban J connectivity index is 2.42. The minimum atomic E-state index is -0.360. The SMILES string of the molecule is CN1C(=O)OCC1(C)c1cccc(Br)c1. The zero-order valence-electron chi connectivity index (χ0n) is 8.66. The van der Waals surface area contributed by atoms with E-state index in [9.17, 15) is 4.79 Å². The molecule has 0 spiro atoms. The Bertz CT molecular complexity index is 407. The first-order chi connectivity index (χ1) is 7.04. The Kier molecular flexibility index (Phi) is 2.46. The minimum Gasteiger partial charge on any atom is -0.447 e. The Labute approximate surface area is 97.2 Å². The zero-order valence-corrected chi connectivity index (χ0v) is 10.2. The number of cyclic esters (lactones) is 1. The van der Waals surface area contributed by atoms with Gasteiger partial charge in [-0.15, -0.1) is 0 Å². The Morgan fingerprint density at radius 2 is 2.27 bits per heavy atom. The van der Waals surface area contributed by atoms with E-state index in [-0.39, 0.29) is 11.6 Å². The fourth-order valence-corrected chi connectivity index (χ4v) is 2.10. The van der Waals surface area contributed by atoms with Crippen LogP contribution in [0.4, 0.5) is 4.79 Å². The van der Waals surface area contributed by atoms with Gasteiger partial charge in [-0.1, -0.05) is 28.1 Å². The third-order valence-electron chi connectivity index (χ3n) is 2.94. The molecule has 1 atom stereocenters. The molecule has 0 aromatic heterocycles. The van der Waals surface area contributed by atoms with Crippen molar-refractivity contribution in [2.75, 3.05) is 13.7 Å².